The van der Waals surface area contributed by atoms with Crippen LogP contribution in [0.15, 0.2) is 53.4 Å². The molecule has 0 aliphatic carbocycles. The van der Waals surface area contributed by atoms with Crippen molar-refractivity contribution in [3.63, 3.8) is 0 Å². The highest BCUT2D eigenvalue weighted by Gasteiger charge is 2.31. The Labute approximate surface area is 165 Å². The van der Waals surface area contributed by atoms with Gasteiger partial charge in [0.2, 0.25) is 10.0 Å². The van der Waals surface area contributed by atoms with Crippen molar-refractivity contribution in [2.75, 3.05) is 6.54 Å². The van der Waals surface area contributed by atoms with E-state index in [0.29, 0.717) is 17.1 Å². The van der Waals surface area contributed by atoms with E-state index in [1.54, 1.807) is 24.3 Å². The average molecular weight is 407 g/mol. The molecule has 1 heterocycles. The molecule has 144 valence electrons. The van der Waals surface area contributed by atoms with Crippen LogP contribution in [0.5, 0.6) is 0 Å². The molecule has 1 unspecified atom stereocenters. The zero-order chi connectivity index (χ0) is 19.4. The molecule has 5 nitrogen and oxygen atoms in total. The second kappa shape index (κ2) is 8.42. The lowest BCUT2D eigenvalue weighted by Gasteiger charge is -2.32. The highest BCUT2D eigenvalue weighted by molar-refractivity contribution is 7.89. The van der Waals surface area contributed by atoms with Gasteiger partial charge in [0.1, 0.15) is 0 Å². The first-order valence-electron chi connectivity index (χ1n) is 9.03. The van der Waals surface area contributed by atoms with Gasteiger partial charge in [0, 0.05) is 29.7 Å². The summed E-state index contributed by atoms with van der Waals surface area (Å²) in [6.07, 6.45) is 2.76. The molecule has 1 fully saturated rings. The number of halogens is 1. The number of benzene rings is 2. The van der Waals surface area contributed by atoms with Gasteiger partial charge in [0.15, 0.2) is 0 Å². The third-order valence-electron chi connectivity index (χ3n) is 4.84. The smallest absolute Gasteiger partial charge is 0.251 e. The molecule has 2 aromatic rings. The van der Waals surface area contributed by atoms with Gasteiger partial charge >= 0.3 is 0 Å². The number of rotatable bonds is 5. The van der Waals surface area contributed by atoms with E-state index in [-0.39, 0.29) is 23.4 Å². The average Bonchev–Trinajstić information content (AvgIpc) is 2.67. The van der Waals surface area contributed by atoms with Crippen molar-refractivity contribution in [3.8, 4) is 0 Å². The van der Waals surface area contributed by atoms with Gasteiger partial charge in [-0.15, -0.1) is 0 Å². The van der Waals surface area contributed by atoms with Crippen molar-refractivity contribution in [2.45, 2.75) is 43.7 Å². The molecule has 27 heavy (non-hydrogen) atoms. The monoisotopic (exact) mass is 406 g/mol. The van der Waals surface area contributed by atoms with Gasteiger partial charge in [-0.05, 0) is 49.6 Å². The van der Waals surface area contributed by atoms with Crippen LogP contribution >= 0.6 is 11.6 Å². The van der Waals surface area contributed by atoms with E-state index in [2.05, 4.69) is 5.32 Å². The molecule has 1 N–H and O–H groups in total. The summed E-state index contributed by atoms with van der Waals surface area (Å²) >= 11 is 6.10. The Morgan fingerprint density at radius 3 is 2.70 bits per heavy atom. The van der Waals surface area contributed by atoms with Gasteiger partial charge in [-0.2, -0.15) is 4.31 Å². The molecular formula is C20H23ClN2O3S. The van der Waals surface area contributed by atoms with Crippen molar-refractivity contribution >= 4 is 27.5 Å². The Morgan fingerprint density at radius 2 is 1.96 bits per heavy atom. The Balaban J connectivity index is 1.76. The van der Waals surface area contributed by atoms with Crippen LogP contribution < -0.4 is 5.32 Å². The normalized spacial score (nSPS) is 18.2. The fourth-order valence-corrected chi connectivity index (χ4v) is 5.23. The van der Waals surface area contributed by atoms with Crippen LogP contribution in [0.1, 0.15) is 42.1 Å². The second-order valence-corrected chi connectivity index (χ2v) is 9.06. The SMILES string of the molecule is CC1CCCCN1S(=O)(=O)c1cccc(C(=O)NCc2ccccc2Cl)c1. The molecule has 3 rings (SSSR count). The van der Waals surface area contributed by atoms with Crippen LogP contribution in [-0.4, -0.2) is 31.2 Å². The van der Waals surface area contributed by atoms with E-state index in [1.807, 2.05) is 25.1 Å². The molecule has 1 aliphatic rings. The van der Waals surface area contributed by atoms with Crippen LogP contribution in [0.2, 0.25) is 5.02 Å². The molecule has 7 heteroatoms. The number of piperidine rings is 1. The van der Waals surface area contributed by atoms with Gasteiger partial charge < -0.3 is 5.32 Å². The maximum atomic E-state index is 13.0. The number of hydrogen-bond donors (Lipinski definition) is 1. The molecule has 2 aromatic carbocycles. The Morgan fingerprint density at radius 1 is 1.19 bits per heavy atom. The molecule has 0 saturated carbocycles. The minimum atomic E-state index is -3.61. The van der Waals surface area contributed by atoms with Crippen LogP contribution in [0, 0.1) is 0 Å². The number of amides is 1. The summed E-state index contributed by atoms with van der Waals surface area (Å²) in [6, 6.07) is 13.4. The molecule has 1 saturated heterocycles. The van der Waals surface area contributed by atoms with Crippen LogP contribution in [0.4, 0.5) is 0 Å². The molecule has 0 aromatic heterocycles. The first-order valence-corrected chi connectivity index (χ1v) is 10.8. The molecule has 1 atom stereocenters. The van der Waals surface area contributed by atoms with E-state index in [4.69, 9.17) is 11.6 Å². The maximum absolute atomic E-state index is 13.0. The number of sulfonamides is 1. The van der Waals surface area contributed by atoms with E-state index in [0.717, 1.165) is 24.8 Å². The molecule has 0 radical (unpaired) electrons. The predicted molar refractivity (Wildman–Crippen MR) is 106 cm³/mol. The quantitative estimate of drug-likeness (QED) is 0.820. The number of hydrogen-bond acceptors (Lipinski definition) is 3. The van der Waals surface area contributed by atoms with Crippen LogP contribution in [-0.2, 0) is 16.6 Å². The lowest BCUT2D eigenvalue weighted by atomic mass is 10.1. The lowest BCUT2D eigenvalue weighted by molar-refractivity contribution is 0.0950. The van der Waals surface area contributed by atoms with Gasteiger partial charge in [-0.1, -0.05) is 42.3 Å². The summed E-state index contributed by atoms with van der Waals surface area (Å²) in [5.74, 6) is -0.335. The standard InChI is InChI=1S/C20H23ClN2O3S/c1-15-7-4-5-12-23(15)27(25,26)18-10-6-9-16(13-18)20(24)22-14-17-8-2-3-11-19(17)21/h2-3,6,8-11,13,15H,4-5,7,12,14H2,1H3,(H,22,24). The minimum absolute atomic E-state index is 0.0264. The van der Waals surface area contributed by atoms with E-state index < -0.39 is 10.0 Å². The third-order valence-corrected chi connectivity index (χ3v) is 7.22. The predicted octanol–water partition coefficient (Wildman–Crippen LogP) is 3.83. The summed E-state index contributed by atoms with van der Waals surface area (Å²) in [4.78, 5) is 12.6. The van der Waals surface area contributed by atoms with Crippen molar-refractivity contribution in [2.24, 2.45) is 0 Å². The summed E-state index contributed by atoms with van der Waals surface area (Å²) in [5, 5.41) is 3.37. The zero-order valence-electron chi connectivity index (χ0n) is 15.2. The number of nitrogens with one attached hydrogen (secondary N) is 1. The lowest BCUT2D eigenvalue weighted by Crippen LogP contribution is -2.42. The largest absolute Gasteiger partial charge is 0.348 e. The molecular weight excluding hydrogens is 384 g/mol. The maximum Gasteiger partial charge on any atom is 0.251 e. The fraction of sp³-hybridized carbons (Fsp3) is 0.350. The van der Waals surface area contributed by atoms with Gasteiger partial charge in [0.05, 0.1) is 4.90 Å². The Bertz CT molecular complexity index is 930. The summed E-state index contributed by atoms with van der Waals surface area (Å²) in [7, 11) is -3.61. The van der Waals surface area contributed by atoms with Gasteiger partial charge in [0.25, 0.3) is 5.91 Å². The number of carbonyl (C=O) groups excluding carboxylic acids is 1. The van der Waals surface area contributed by atoms with Crippen molar-refractivity contribution in [1.82, 2.24) is 9.62 Å². The summed E-state index contributed by atoms with van der Waals surface area (Å²) < 4.78 is 27.5. The minimum Gasteiger partial charge on any atom is -0.348 e. The molecule has 1 aliphatic heterocycles. The van der Waals surface area contributed by atoms with Gasteiger partial charge in [-0.25, -0.2) is 8.42 Å². The van der Waals surface area contributed by atoms with Crippen molar-refractivity contribution in [1.29, 1.82) is 0 Å². The molecule has 1 amide bonds. The van der Waals surface area contributed by atoms with E-state index in [9.17, 15) is 13.2 Å². The number of nitrogens with zero attached hydrogens (tertiary/aromatic N) is 1. The van der Waals surface area contributed by atoms with Crippen molar-refractivity contribution in [3.05, 3.63) is 64.7 Å². The van der Waals surface area contributed by atoms with Gasteiger partial charge in [-0.3, -0.25) is 4.79 Å². The van der Waals surface area contributed by atoms with Crippen LogP contribution in [0.3, 0.4) is 0 Å². The Hall–Kier alpha value is -1.89. The third kappa shape index (κ3) is 4.51. The second-order valence-electron chi connectivity index (χ2n) is 6.76. The summed E-state index contributed by atoms with van der Waals surface area (Å²) in [6.45, 7) is 2.72. The Kier molecular flexibility index (Phi) is 6.19. The highest BCUT2D eigenvalue weighted by Crippen LogP contribution is 2.25. The zero-order valence-corrected chi connectivity index (χ0v) is 16.8. The fourth-order valence-electron chi connectivity index (χ4n) is 3.28. The van der Waals surface area contributed by atoms with E-state index >= 15 is 0 Å². The van der Waals surface area contributed by atoms with Crippen molar-refractivity contribution < 1.29 is 13.2 Å². The number of carbonyl (C=O) groups is 1. The molecule has 0 spiro atoms. The topological polar surface area (TPSA) is 66.5 Å². The van der Waals surface area contributed by atoms with Crippen LogP contribution in [0.25, 0.3) is 0 Å². The highest BCUT2D eigenvalue weighted by atomic mass is 35.5. The first-order chi connectivity index (χ1) is 12.9. The molecule has 0 bridgehead atoms. The first kappa shape index (κ1) is 19.9. The summed E-state index contributed by atoms with van der Waals surface area (Å²) in [5.41, 5.74) is 1.12. The van der Waals surface area contributed by atoms with E-state index in [1.165, 1.54) is 10.4 Å².